The van der Waals surface area contributed by atoms with E-state index in [1.54, 1.807) is 19.1 Å². The Bertz CT molecular complexity index is 510. The van der Waals surface area contributed by atoms with E-state index < -0.39 is 0 Å². The molecule has 1 aromatic carbocycles. The molecule has 6 heteroatoms. The van der Waals surface area contributed by atoms with E-state index in [4.69, 9.17) is 16.1 Å². The molecule has 1 aromatic heterocycles. The molecule has 0 amide bonds. The molecule has 1 N–H and O–H groups in total. The molecular weight excluding hydrogens is 257 g/mol. The van der Waals surface area contributed by atoms with E-state index in [1.165, 1.54) is 6.07 Å². The Morgan fingerprint density at radius 2 is 2.28 bits per heavy atom. The van der Waals surface area contributed by atoms with Crippen LogP contribution in [0.4, 0.5) is 4.39 Å². The van der Waals surface area contributed by atoms with Gasteiger partial charge in [-0.15, -0.1) is 0 Å². The van der Waals surface area contributed by atoms with Crippen molar-refractivity contribution < 1.29 is 8.91 Å². The highest BCUT2D eigenvalue weighted by Crippen LogP contribution is 2.18. The van der Waals surface area contributed by atoms with E-state index in [0.717, 1.165) is 0 Å². The first-order valence-corrected chi connectivity index (χ1v) is 5.97. The highest BCUT2D eigenvalue weighted by Gasteiger charge is 2.06. The molecule has 0 aliphatic carbocycles. The minimum Gasteiger partial charge on any atom is -0.339 e. The molecular formula is C12H13ClFN3O. The van der Waals surface area contributed by atoms with Crippen LogP contribution in [-0.2, 0) is 13.0 Å². The molecule has 1 heterocycles. The molecule has 0 spiro atoms. The van der Waals surface area contributed by atoms with Crippen molar-refractivity contribution in [3.05, 3.63) is 46.3 Å². The molecule has 0 aliphatic heterocycles. The first kappa shape index (κ1) is 13.0. The second kappa shape index (κ2) is 5.93. The summed E-state index contributed by atoms with van der Waals surface area (Å²) in [5.41, 5.74) is 0.473. The predicted molar refractivity (Wildman–Crippen MR) is 65.9 cm³/mol. The maximum atomic E-state index is 13.4. The molecule has 2 aromatic rings. The third-order valence-corrected chi connectivity index (χ3v) is 2.80. The average Bonchev–Trinajstić information content (AvgIpc) is 2.73. The van der Waals surface area contributed by atoms with Gasteiger partial charge in [-0.05, 0) is 19.1 Å². The van der Waals surface area contributed by atoms with Gasteiger partial charge in [0.25, 0.3) is 0 Å². The van der Waals surface area contributed by atoms with Crippen LogP contribution in [0.1, 0.15) is 17.3 Å². The third kappa shape index (κ3) is 3.27. The fourth-order valence-electron chi connectivity index (χ4n) is 1.55. The molecule has 0 unspecified atom stereocenters. The number of halogens is 2. The number of benzene rings is 1. The number of aryl methyl sites for hydroxylation is 1. The van der Waals surface area contributed by atoms with Gasteiger partial charge in [-0.2, -0.15) is 4.98 Å². The summed E-state index contributed by atoms with van der Waals surface area (Å²) in [5.74, 6) is 0.880. The lowest BCUT2D eigenvalue weighted by Crippen LogP contribution is -2.18. The third-order valence-electron chi connectivity index (χ3n) is 2.45. The molecule has 0 fully saturated rings. The number of nitrogens with zero attached hydrogens (tertiary/aromatic N) is 2. The van der Waals surface area contributed by atoms with E-state index in [-0.39, 0.29) is 5.82 Å². The van der Waals surface area contributed by atoms with Crippen molar-refractivity contribution in [1.82, 2.24) is 15.5 Å². The normalized spacial score (nSPS) is 10.8. The van der Waals surface area contributed by atoms with Crippen LogP contribution in [0.2, 0.25) is 5.02 Å². The fraction of sp³-hybridized carbons (Fsp3) is 0.333. The zero-order chi connectivity index (χ0) is 13.0. The van der Waals surface area contributed by atoms with E-state index >= 15 is 0 Å². The lowest BCUT2D eigenvalue weighted by molar-refractivity contribution is 0.372. The van der Waals surface area contributed by atoms with Crippen LogP contribution in [0.15, 0.2) is 22.7 Å². The molecule has 0 radical (unpaired) electrons. The van der Waals surface area contributed by atoms with E-state index in [2.05, 4.69) is 15.5 Å². The second-order valence-corrected chi connectivity index (χ2v) is 4.27. The van der Waals surface area contributed by atoms with E-state index in [1.807, 2.05) is 0 Å². The van der Waals surface area contributed by atoms with Crippen LogP contribution in [0.5, 0.6) is 0 Å². The molecule has 4 nitrogen and oxygen atoms in total. The average molecular weight is 270 g/mol. The van der Waals surface area contributed by atoms with Crippen molar-refractivity contribution >= 4 is 11.6 Å². The number of aromatic nitrogens is 2. The van der Waals surface area contributed by atoms with E-state index in [9.17, 15) is 4.39 Å². The van der Waals surface area contributed by atoms with Crippen LogP contribution < -0.4 is 5.32 Å². The Morgan fingerprint density at radius 3 is 2.94 bits per heavy atom. The van der Waals surface area contributed by atoms with Crippen molar-refractivity contribution in [3.63, 3.8) is 0 Å². The summed E-state index contributed by atoms with van der Waals surface area (Å²) in [6.07, 6.45) is 0.604. The molecule has 0 saturated heterocycles. The number of nitrogens with one attached hydrogen (secondary N) is 1. The summed E-state index contributed by atoms with van der Waals surface area (Å²) >= 11 is 5.91. The summed E-state index contributed by atoms with van der Waals surface area (Å²) < 4.78 is 18.4. The van der Waals surface area contributed by atoms with Gasteiger partial charge in [0.05, 0.1) is 0 Å². The Morgan fingerprint density at radius 1 is 1.44 bits per heavy atom. The smallest absolute Gasteiger partial charge is 0.227 e. The monoisotopic (exact) mass is 269 g/mol. The minimum atomic E-state index is -0.302. The second-order valence-electron chi connectivity index (χ2n) is 3.86. The Kier molecular flexibility index (Phi) is 4.28. The van der Waals surface area contributed by atoms with Crippen LogP contribution in [-0.4, -0.2) is 16.7 Å². The lowest BCUT2D eigenvalue weighted by Gasteiger charge is -2.06. The largest absolute Gasteiger partial charge is 0.339 e. The van der Waals surface area contributed by atoms with Crippen LogP contribution >= 0.6 is 11.6 Å². The summed E-state index contributed by atoms with van der Waals surface area (Å²) in [4.78, 5) is 4.07. The molecule has 96 valence electrons. The molecule has 0 aliphatic rings. The van der Waals surface area contributed by atoms with Crippen molar-refractivity contribution in [2.45, 2.75) is 19.9 Å². The molecule has 18 heavy (non-hydrogen) atoms. The first-order valence-electron chi connectivity index (χ1n) is 5.59. The van der Waals surface area contributed by atoms with Crippen LogP contribution in [0, 0.1) is 12.7 Å². The predicted octanol–water partition coefficient (Wildman–Crippen LogP) is 2.50. The molecule has 0 atom stereocenters. The number of hydrogen-bond donors (Lipinski definition) is 1. The first-order chi connectivity index (χ1) is 8.66. The topological polar surface area (TPSA) is 51.0 Å². The molecule has 0 bridgehead atoms. The van der Waals surface area contributed by atoms with Gasteiger partial charge in [0.2, 0.25) is 5.89 Å². The summed E-state index contributed by atoms with van der Waals surface area (Å²) in [6.45, 7) is 2.75. The highest BCUT2D eigenvalue weighted by atomic mass is 35.5. The summed E-state index contributed by atoms with van der Waals surface area (Å²) in [5, 5.41) is 7.20. The van der Waals surface area contributed by atoms with Crippen molar-refractivity contribution in [3.8, 4) is 0 Å². The summed E-state index contributed by atoms with van der Waals surface area (Å²) in [7, 11) is 0. The lowest BCUT2D eigenvalue weighted by atomic mass is 10.2. The van der Waals surface area contributed by atoms with Gasteiger partial charge in [0.15, 0.2) is 5.82 Å². The van der Waals surface area contributed by atoms with Gasteiger partial charge in [-0.25, -0.2) is 4.39 Å². The zero-order valence-electron chi connectivity index (χ0n) is 9.91. The molecule has 0 saturated carbocycles. The Balaban J connectivity index is 1.82. The van der Waals surface area contributed by atoms with Crippen LogP contribution in [0.25, 0.3) is 0 Å². The quantitative estimate of drug-likeness (QED) is 0.848. The van der Waals surface area contributed by atoms with Gasteiger partial charge < -0.3 is 9.84 Å². The fourth-order valence-corrected chi connectivity index (χ4v) is 1.78. The van der Waals surface area contributed by atoms with Gasteiger partial charge in [-0.1, -0.05) is 22.8 Å². The minimum absolute atomic E-state index is 0.302. The van der Waals surface area contributed by atoms with E-state index in [0.29, 0.717) is 41.8 Å². The highest BCUT2D eigenvalue weighted by molar-refractivity contribution is 6.31. The Hall–Kier alpha value is -1.46. The van der Waals surface area contributed by atoms with Crippen molar-refractivity contribution in [2.24, 2.45) is 0 Å². The van der Waals surface area contributed by atoms with Crippen LogP contribution in [0.3, 0.4) is 0 Å². The zero-order valence-corrected chi connectivity index (χ0v) is 10.7. The Labute approximate surface area is 109 Å². The van der Waals surface area contributed by atoms with Crippen molar-refractivity contribution in [1.29, 1.82) is 0 Å². The summed E-state index contributed by atoms with van der Waals surface area (Å²) in [6, 6.07) is 4.65. The number of hydrogen-bond acceptors (Lipinski definition) is 4. The van der Waals surface area contributed by atoms with Gasteiger partial charge in [-0.3, -0.25) is 0 Å². The maximum absolute atomic E-state index is 13.4. The van der Waals surface area contributed by atoms with Gasteiger partial charge in [0, 0.05) is 30.1 Å². The van der Waals surface area contributed by atoms with Gasteiger partial charge >= 0.3 is 0 Å². The SMILES string of the molecule is Cc1noc(CCNCc2c(F)cccc2Cl)n1. The maximum Gasteiger partial charge on any atom is 0.227 e. The molecule has 2 rings (SSSR count). The van der Waals surface area contributed by atoms with Crippen molar-refractivity contribution in [2.75, 3.05) is 6.54 Å². The van der Waals surface area contributed by atoms with Gasteiger partial charge in [0.1, 0.15) is 5.82 Å². The number of rotatable bonds is 5. The standard InChI is InChI=1S/C12H13ClFN3O/c1-8-16-12(18-17-8)5-6-15-7-9-10(13)3-2-4-11(9)14/h2-4,15H,5-7H2,1H3.